The topological polar surface area (TPSA) is 78.2 Å². The monoisotopic (exact) mass is 289 g/mol. The lowest BCUT2D eigenvalue weighted by Crippen LogP contribution is -2.35. The van der Waals surface area contributed by atoms with Crippen molar-refractivity contribution in [2.75, 3.05) is 25.6 Å². The molecule has 0 aromatic carbocycles. The van der Waals surface area contributed by atoms with Gasteiger partial charge in [0.15, 0.2) is 0 Å². The van der Waals surface area contributed by atoms with Crippen molar-refractivity contribution < 1.29 is 9.84 Å². The van der Waals surface area contributed by atoms with Crippen molar-refractivity contribution in [2.45, 2.75) is 44.6 Å². The van der Waals surface area contributed by atoms with E-state index >= 15 is 0 Å². The summed E-state index contributed by atoms with van der Waals surface area (Å²) in [6.07, 6.45) is 4.82. The quantitative estimate of drug-likeness (QED) is 0.838. The van der Waals surface area contributed by atoms with Crippen molar-refractivity contribution in [1.82, 2.24) is 4.98 Å². The minimum absolute atomic E-state index is 0.344. The van der Waals surface area contributed by atoms with Crippen LogP contribution in [-0.2, 0) is 17.6 Å². The van der Waals surface area contributed by atoms with Crippen LogP contribution in [0.2, 0.25) is 0 Å². The normalized spacial score (nSPS) is 16.7. The van der Waals surface area contributed by atoms with Gasteiger partial charge in [-0.15, -0.1) is 0 Å². The van der Waals surface area contributed by atoms with Crippen LogP contribution in [0, 0.1) is 11.3 Å². The molecule has 1 aromatic rings. The van der Waals surface area contributed by atoms with Crippen LogP contribution in [0.1, 0.15) is 43.0 Å². The number of hydrogen-bond acceptors (Lipinski definition) is 5. The fourth-order valence-corrected chi connectivity index (χ4v) is 2.54. The number of aliphatic hydroxyl groups is 1. The first-order chi connectivity index (χ1) is 10.1. The molecule has 21 heavy (non-hydrogen) atoms. The molecule has 5 heteroatoms. The van der Waals surface area contributed by atoms with E-state index < -0.39 is 5.60 Å². The lowest BCUT2D eigenvalue weighted by atomic mass is 9.95. The van der Waals surface area contributed by atoms with Crippen LogP contribution in [-0.4, -0.2) is 36.0 Å². The van der Waals surface area contributed by atoms with E-state index in [2.05, 4.69) is 16.4 Å². The van der Waals surface area contributed by atoms with Crippen LogP contribution in [0.25, 0.3) is 0 Å². The number of pyridine rings is 1. The SMILES string of the molecule is COCCC(C)(O)CNc1nc2c(cc1C#N)CCCC2. The Morgan fingerprint density at radius 3 is 2.95 bits per heavy atom. The first kappa shape index (κ1) is 15.7. The largest absolute Gasteiger partial charge is 0.388 e. The molecule has 1 aliphatic rings. The number of nitrogens with zero attached hydrogens (tertiary/aromatic N) is 2. The van der Waals surface area contributed by atoms with Crippen LogP contribution in [0.5, 0.6) is 0 Å². The minimum Gasteiger partial charge on any atom is -0.388 e. The van der Waals surface area contributed by atoms with E-state index in [1.54, 1.807) is 14.0 Å². The summed E-state index contributed by atoms with van der Waals surface area (Å²) in [6, 6.07) is 4.13. The predicted molar refractivity (Wildman–Crippen MR) is 81.2 cm³/mol. The van der Waals surface area contributed by atoms with Gasteiger partial charge in [0, 0.05) is 32.4 Å². The number of aryl methyl sites for hydroxylation is 2. The van der Waals surface area contributed by atoms with E-state index in [0.717, 1.165) is 31.4 Å². The standard InChI is InChI=1S/C16H23N3O2/c1-16(20,7-8-21-2)11-18-15-13(10-17)9-12-5-3-4-6-14(12)19-15/h9,20H,3-8,11H2,1-2H3,(H,18,19). The highest BCUT2D eigenvalue weighted by atomic mass is 16.5. The summed E-state index contributed by atoms with van der Waals surface area (Å²) in [4.78, 5) is 4.59. The summed E-state index contributed by atoms with van der Waals surface area (Å²) in [5, 5.41) is 22.7. The van der Waals surface area contributed by atoms with Crippen LogP contribution in [0.15, 0.2) is 6.07 Å². The van der Waals surface area contributed by atoms with Gasteiger partial charge in [-0.2, -0.15) is 5.26 Å². The van der Waals surface area contributed by atoms with Gasteiger partial charge >= 0.3 is 0 Å². The van der Waals surface area contributed by atoms with Crippen LogP contribution in [0.3, 0.4) is 0 Å². The molecule has 0 aliphatic heterocycles. The summed E-state index contributed by atoms with van der Waals surface area (Å²) >= 11 is 0. The summed E-state index contributed by atoms with van der Waals surface area (Å²) in [6.45, 7) is 2.59. The maximum absolute atomic E-state index is 10.3. The van der Waals surface area contributed by atoms with Crippen molar-refractivity contribution >= 4 is 5.82 Å². The molecule has 1 heterocycles. The lowest BCUT2D eigenvalue weighted by Gasteiger charge is -2.24. The van der Waals surface area contributed by atoms with Crippen molar-refractivity contribution in [2.24, 2.45) is 0 Å². The third kappa shape index (κ3) is 4.16. The zero-order valence-electron chi connectivity index (χ0n) is 12.8. The van der Waals surface area contributed by atoms with Gasteiger partial charge in [-0.25, -0.2) is 4.98 Å². The number of nitrogens with one attached hydrogen (secondary N) is 1. The Balaban J connectivity index is 2.10. The number of methoxy groups -OCH3 is 1. The minimum atomic E-state index is -0.889. The molecule has 0 fully saturated rings. The Morgan fingerprint density at radius 2 is 2.24 bits per heavy atom. The molecule has 1 atom stereocenters. The maximum atomic E-state index is 10.3. The van der Waals surface area contributed by atoms with E-state index in [0.29, 0.717) is 31.0 Å². The Labute approximate surface area is 126 Å². The third-order valence-electron chi connectivity index (χ3n) is 3.90. The molecule has 0 saturated heterocycles. The smallest absolute Gasteiger partial charge is 0.144 e. The number of fused-ring (bicyclic) bond motifs is 1. The van der Waals surface area contributed by atoms with Crippen molar-refractivity contribution in [3.8, 4) is 6.07 Å². The zero-order valence-corrected chi connectivity index (χ0v) is 12.8. The van der Waals surface area contributed by atoms with Gasteiger partial charge in [0.05, 0.1) is 11.2 Å². The maximum Gasteiger partial charge on any atom is 0.144 e. The number of ether oxygens (including phenoxy) is 1. The lowest BCUT2D eigenvalue weighted by molar-refractivity contribution is 0.0357. The van der Waals surface area contributed by atoms with Crippen molar-refractivity contribution in [3.63, 3.8) is 0 Å². The Kier molecular flexibility index (Phi) is 5.16. The van der Waals surface area contributed by atoms with E-state index in [9.17, 15) is 10.4 Å². The molecular weight excluding hydrogens is 266 g/mol. The van der Waals surface area contributed by atoms with Gasteiger partial charge in [-0.05, 0) is 44.2 Å². The van der Waals surface area contributed by atoms with Crippen molar-refractivity contribution in [3.05, 3.63) is 22.9 Å². The molecule has 0 spiro atoms. The van der Waals surface area contributed by atoms with Crippen LogP contribution in [0.4, 0.5) is 5.82 Å². The van der Waals surface area contributed by atoms with Gasteiger partial charge in [0.2, 0.25) is 0 Å². The number of nitriles is 1. The Bertz CT molecular complexity index is 535. The highest BCUT2D eigenvalue weighted by molar-refractivity contribution is 5.54. The average Bonchev–Trinajstić information content (AvgIpc) is 2.50. The second-order valence-corrected chi connectivity index (χ2v) is 5.90. The highest BCUT2D eigenvalue weighted by Gasteiger charge is 2.21. The van der Waals surface area contributed by atoms with E-state index in [4.69, 9.17) is 4.74 Å². The van der Waals surface area contributed by atoms with Gasteiger partial charge in [0.1, 0.15) is 11.9 Å². The molecule has 2 rings (SSSR count). The van der Waals surface area contributed by atoms with Crippen molar-refractivity contribution in [1.29, 1.82) is 5.26 Å². The van der Waals surface area contributed by atoms with E-state index in [1.165, 1.54) is 5.56 Å². The number of aromatic nitrogens is 1. The van der Waals surface area contributed by atoms with Gasteiger partial charge < -0.3 is 15.2 Å². The molecule has 0 amide bonds. The summed E-state index contributed by atoms with van der Waals surface area (Å²) in [5.74, 6) is 0.579. The van der Waals surface area contributed by atoms with Crippen LogP contribution < -0.4 is 5.32 Å². The Hall–Kier alpha value is -1.64. The second-order valence-electron chi connectivity index (χ2n) is 5.90. The molecule has 2 N–H and O–H groups in total. The predicted octanol–water partition coefficient (Wildman–Crippen LogP) is 2.03. The fourth-order valence-electron chi connectivity index (χ4n) is 2.54. The molecule has 1 unspecified atom stereocenters. The second kappa shape index (κ2) is 6.88. The molecule has 114 valence electrons. The number of hydrogen-bond donors (Lipinski definition) is 2. The van der Waals surface area contributed by atoms with E-state index in [1.807, 2.05) is 6.07 Å². The summed E-state index contributed by atoms with van der Waals surface area (Å²) < 4.78 is 4.99. The van der Waals surface area contributed by atoms with Gasteiger partial charge in [-0.3, -0.25) is 0 Å². The summed E-state index contributed by atoms with van der Waals surface area (Å²) in [7, 11) is 1.61. The Morgan fingerprint density at radius 1 is 1.48 bits per heavy atom. The van der Waals surface area contributed by atoms with E-state index in [-0.39, 0.29) is 0 Å². The molecule has 0 radical (unpaired) electrons. The third-order valence-corrected chi connectivity index (χ3v) is 3.90. The first-order valence-corrected chi connectivity index (χ1v) is 7.44. The van der Waals surface area contributed by atoms with Crippen LogP contribution >= 0.6 is 0 Å². The zero-order chi connectivity index (χ0) is 15.3. The molecule has 1 aromatic heterocycles. The summed E-state index contributed by atoms with van der Waals surface area (Å²) in [5.41, 5.74) is 1.94. The first-order valence-electron chi connectivity index (χ1n) is 7.44. The van der Waals surface area contributed by atoms with Gasteiger partial charge in [-0.1, -0.05) is 0 Å². The fraction of sp³-hybridized carbons (Fsp3) is 0.625. The van der Waals surface area contributed by atoms with Gasteiger partial charge in [0.25, 0.3) is 0 Å². The molecular formula is C16H23N3O2. The highest BCUT2D eigenvalue weighted by Crippen LogP contribution is 2.24. The molecule has 5 nitrogen and oxygen atoms in total. The molecule has 1 aliphatic carbocycles. The number of anilines is 1. The molecule has 0 saturated carbocycles. The molecule has 0 bridgehead atoms. The average molecular weight is 289 g/mol. The number of rotatable bonds is 6.